The van der Waals surface area contributed by atoms with Crippen molar-refractivity contribution >= 4 is 16.5 Å². The van der Waals surface area contributed by atoms with Crippen molar-refractivity contribution in [1.29, 1.82) is 0 Å². The summed E-state index contributed by atoms with van der Waals surface area (Å²) in [7, 11) is 1.43. The van der Waals surface area contributed by atoms with Crippen LogP contribution in [-0.2, 0) is 0 Å². The van der Waals surface area contributed by atoms with E-state index in [-0.39, 0.29) is 17.2 Å². The van der Waals surface area contributed by atoms with Crippen molar-refractivity contribution in [3.8, 4) is 11.5 Å². The second kappa shape index (κ2) is 3.57. The van der Waals surface area contributed by atoms with E-state index >= 15 is 0 Å². The summed E-state index contributed by atoms with van der Waals surface area (Å²) in [5.74, 6) is 0.357. The summed E-state index contributed by atoms with van der Waals surface area (Å²) in [5.41, 5.74) is 0.214. The molecule has 0 heterocycles. The Bertz CT molecular complexity index is 522. The topological polar surface area (TPSA) is 58.9 Å². The lowest BCUT2D eigenvalue weighted by Crippen LogP contribution is -1.85. The fourth-order valence-corrected chi connectivity index (χ4v) is 1.57. The van der Waals surface area contributed by atoms with Crippen LogP contribution in [0.3, 0.4) is 0 Å². The molecule has 0 fully saturated rings. The van der Waals surface area contributed by atoms with E-state index in [9.17, 15) is 10.0 Å². The van der Waals surface area contributed by atoms with Crippen LogP contribution in [-0.4, -0.2) is 12.2 Å². The molecule has 2 aromatic rings. The third-order valence-corrected chi connectivity index (χ3v) is 2.27. The molecule has 0 aliphatic rings. The Morgan fingerprint density at radius 2 is 1.93 bits per heavy atom. The predicted molar refractivity (Wildman–Crippen MR) is 57.6 cm³/mol. The highest BCUT2D eigenvalue weighted by Gasteiger charge is 2.12. The zero-order valence-electron chi connectivity index (χ0n) is 8.10. The molecule has 0 bridgehead atoms. The van der Waals surface area contributed by atoms with E-state index in [1.807, 2.05) is 0 Å². The number of hydrogen-bond donors (Lipinski definition) is 1. The van der Waals surface area contributed by atoms with E-state index < -0.39 is 0 Å². The van der Waals surface area contributed by atoms with Gasteiger partial charge in [-0.3, -0.25) is 0 Å². The van der Waals surface area contributed by atoms with E-state index in [1.165, 1.54) is 13.2 Å². The van der Waals surface area contributed by atoms with Gasteiger partial charge in [-0.2, -0.15) is 0 Å². The SMILES string of the molecule is COc1cc(O)c2ccccc2c1N=O. The maximum atomic E-state index is 10.7. The number of phenols is 1. The number of nitrogens with zero attached hydrogens (tertiary/aromatic N) is 1. The standard InChI is InChI=1S/C11H9NO3/c1-15-10-6-9(13)7-4-2-3-5-8(7)11(10)12-14/h2-6,13H,1H3. The molecule has 0 aliphatic carbocycles. The highest BCUT2D eigenvalue weighted by molar-refractivity contribution is 5.99. The van der Waals surface area contributed by atoms with Crippen molar-refractivity contribution in [2.24, 2.45) is 5.18 Å². The molecule has 15 heavy (non-hydrogen) atoms. The van der Waals surface area contributed by atoms with Crippen molar-refractivity contribution in [3.05, 3.63) is 35.2 Å². The van der Waals surface area contributed by atoms with Crippen LogP contribution >= 0.6 is 0 Å². The first-order valence-electron chi connectivity index (χ1n) is 4.40. The number of ether oxygens (including phenoxy) is 1. The van der Waals surface area contributed by atoms with Crippen molar-refractivity contribution in [2.45, 2.75) is 0 Å². The van der Waals surface area contributed by atoms with Crippen LogP contribution in [0.1, 0.15) is 0 Å². The van der Waals surface area contributed by atoms with Crippen LogP contribution in [0.25, 0.3) is 10.8 Å². The number of aromatic hydroxyl groups is 1. The Balaban J connectivity index is 2.91. The van der Waals surface area contributed by atoms with E-state index in [4.69, 9.17) is 4.74 Å². The predicted octanol–water partition coefficient (Wildman–Crippen LogP) is 2.95. The van der Waals surface area contributed by atoms with Crippen LogP contribution in [0, 0.1) is 4.91 Å². The molecular formula is C11H9NO3. The summed E-state index contributed by atoms with van der Waals surface area (Å²) in [6, 6.07) is 8.38. The van der Waals surface area contributed by atoms with E-state index in [0.717, 1.165) is 0 Å². The van der Waals surface area contributed by atoms with Gasteiger partial charge >= 0.3 is 0 Å². The monoisotopic (exact) mass is 203 g/mol. The smallest absolute Gasteiger partial charge is 0.157 e. The number of nitroso groups, excluding NO2 is 1. The van der Waals surface area contributed by atoms with Gasteiger partial charge in [-0.1, -0.05) is 24.3 Å². The van der Waals surface area contributed by atoms with Crippen molar-refractivity contribution in [2.75, 3.05) is 7.11 Å². The Morgan fingerprint density at radius 1 is 1.27 bits per heavy atom. The maximum Gasteiger partial charge on any atom is 0.157 e. The lowest BCUT2D eigenvalue weighted by molar-refractivity contribution is 0.410. The van der Waals surface area contributed by atoms with Gasteiger partial charge in [0, 0.05) is 16.8 Å². The number of rotatable bonds is 2. The zero-order valence-corrected chi connectivity index (χ0v) is 8.10. The molecule has 0 saturated carbocycles. The first kappa shape index (κ1) is 9.45. The second-order valence-electron chi connectivity index (χ2n) is 3.08. The minimum Gasteiger partial charge on any atom is -0.507 e. The number of phenolic OH excluding ortho intramolecular Hbond substituents is 1. The van der Waals surface area contributed by atoms with Gasteiger partial charge in [0.2, 0.25) is 0 Å². The van der Waals surface area contributed by atoms with Crippen molar-refractivity contribution < 1.29 is 9.84 Å². The number of hydrogen-bond acceptors (Lipinski definition) is 4. The van der Waals surface area contributed by atoms with Gasteiger partial charge < -0.3 is 9.84 Å². The van der Waals surface area contributed by atoms with Crippen LogP contribution < -0.4 is 4.74 Å². The van der Waals surface area contributed by atoms with Gasteiger partial charge in [-0.25, -0.2) is 0 Å². The molecule has 4 heteroatoms. The van der Waals surface area contributed by atoms with Crippen LogP contribution in [0.15, 0.2) is 35.5 Å². The Morgan fingerprint density at radius 3 is 2.53 bits per heavy atom. The van der Waals surface area contributed by atoms with E-state index in [1.54, 1.807) is 24.3 Å². The summed E-state index contributed by atoms with van der Waals surface area (Å²) in [6.07, 6.45) is 0. The molecule has 0 spiro atoms. The minimum atomic E-state index is 0.0786. The largest absolute Gasteiger partial charge is 0.507 e. The lowest BCUT2D eigenvalue weighted by Gasteiger charge is -2.07. The highest BCUT2D eigenvalue weighted by atomic mass is 16.5. The molecule has 4 nitrogen and oxygen atoms in total. The van der Waals surface area contributed by atoms with E-state index in [2.05, 4.69) is 5.18 Å². The highest BCUT2D eigenvalue weighted by Crippen LogP contribution is 2.40. The summed E-state index contributed by atoms with van der Waals surface area (Å²) in [6.45, 7) is 0. The van der Waals surface area contributed by atoms with Crippen LogP contribution in [0.5, 0.6) is 11.5 Å². The normalized spacial score (nSPS) is 10.2. The van der Waals surface area contributed by atoms with Crippen LogP contribution in [0.4, 0.5) is 5.69 Å². The molecular weight excluding hydrogens is 194 g/mol. The molecule has 0 unspecified atom stereocenters. The van der Waals surface area contributed by atoms with Gasteiger partial charge in [-0.15, -0.1) is 4.91 Å². The molecule has 0 amide bonds. The van der Waals surface area contributed by atoms with Gasteiger partial charge in [0.05, 0.1) is 7.11 Å². The molecule has 0 atom stereocenters. The zero-order chi connectivity index (χ0) is 10.8. The summed E-state index contributed by atoms with van der Waals surface area (Å²) in [4.78, 5) is 10.7. The van der Waals surface area contributed by atoms with Gasteiger partial charge in [0.1, 0.15) is 5.75 Å². The fourth-order valence-electron chi connectivity index (χ4n) is 1.57. The molecule has 2 aromatic carbocycles. The Hall–Kier alpha value is -2.10. The van der Waals surface area contributed by atoms with Crippen molar-refractivity contribution in [3.63, 3.8) is 0 Å². The summed E-state index contributed by atoms with van der Waals surface area (Å²) in [5, 5.41) is 13.8. The minimum absolute atomic E-state index is 0.0786. The third kappa shape index (κ3) is 1.40. The Labute approximate surface area is 86.1 Å². The first-order chi connectivity index (χ1) is 7.27. The molecule has 0 radical (unpaired) electrons. The molecule has 0 aromatic heterocycles. The average molecular weight is 203 g/mol. The number of fused-ring (bicyclic) bond motifs is 1. The van der Waals surface area contributed by atoms with Crippen molar-refractivity contribution in [1.82, 2.24) is 0 Å². The molecule has 0 saturated heterocycles. The van der Waals surface area contributed by atoms with E-state index in [0.29, 0.717) is 10.8 Å². The lowest BCUT2D eigenvalue weighted by atomic mass is 10.1. The van der Waals surface area contributed by atoms with Gasteiger partial charge in [-0.05, 0) is 5.18 Å². The number of methoxy groups -OCH3 is 1. The average Bonchev–Trinajstić information content (AvgIpc) is 2.29. The number of benzene rings is 2. The molecule has 1 N–H and O–H groups in total. The maximum absolute atomic E-state index is 10.7. The van der Waals surface area contributed by atoms with Gasteiger partial charge in [0.25, 0.3) is 0 Å². The molecule has 76 valence electrons. The molecule has 0 aliphatic heterocycles. The van der Waals surface area contributed by atoms with Crippen LogP contribution in [0.2, 0.25) is 0 Å². The van der Waals surface area contributed by atoms with Gasteiger partial charge in [0.15, 0.2) is 11.4 Å². The Kier molecular flexibility index (Phi) is 2.25. The summed E-state index contributed by atoms with van der Waals surface area (Å²) >= 11 is 0. The first-order valence-corrected chi connectivity index (χ1v) is 4.40. The fraction of sp³-hybridized carbons (Fsp3) is 0.0909. The quantitative estimate of drug-likeness (QED) is 0.763. The summed E-state index contributed by atoms with van der Waals surface area (Å²) < 4.78 is 4.97. The second-order valence-corrected chi connectivity index (χ2v) is 3.08. The third-order valence-electron chi connectivity index (χ3n) is 2.27. The molecule has 2 rings (SSSR count).